The number of nitrogens with zero attached hydrogens (tertiary/aromatic N) is 4. The van der Waals surface area contributed by atoms with Crippen LogP contribution in [0.15, 0.2) is 83.2 Å². The largest absolute Gasteiger partial charge is 0.283 e. The van der Waals surface area contributed by atoms with Crippen LogP contribution in [-0.4, -0.2) is 9.38 Å². The number of azo groups is 1. The van der Waals surface area contributed by atoms with Crippen LogP contribution < -0.4 is 0 Å². The molecule has 0 unspecified atom stereocenters. The van der Waals surface area contributed by atoms with Gasteiger partial charge in [-0.2, -0.15) is 0 Å². The summed E-state index contributed by atoms with van der Waals surface area (Å²) in [6.45, 7) is 6.43. The predicted octanol–water partition coefficient (Wildman–Crippen LogP) is 6.85. The van der Waals surface area contributed by atoms with Gasteiger partial charge in [0.15, 0.2) is 5.82 Å². The highest BCUT2D eigenvalue weighted by Crippen LogP contribution is 2.32. The minimum atomic E-state index is 0.502. The normalized spacial score (nSPS) is 11.7. The lowest BCUT2D eigenvalue weighted by Crippen LogP contribution is -1.85. The van der Waals surface area contributed by atoms with Crippen LogP contribution in [0.5, 0.6) is 0 Å². The highest BCUT2D eigenvalue weighted by molar-refractivity contribution is 5.74. The molecule has 4 nitrogen and oxygen atoms in total. The van der Waals surface area contributed by atoms with Gasteiger partial charge in [-0.1, -0.05) is 56.3 Å². The molecule has 2 heterocycles. The van der Waals surface area contributed by atoms with E-state index < -0.39 is 0 Å². The molecule has 0 fully saturated rings. The summed E-state index contributed by atoms with van der Waals surface area (Å²) in [5, 5.41) is 9.04. The smallest absolute Gasteiger partial charge is 0.187 e. The van der Waals surface area contributed by atoms with Gasteiger partial charge in [0.2, 0.25) is 0 Å². The summed E-state index contributed by atoms with van der Waals surface area (Å²) in [5.41, 5.74) is 6.04. The van der Waals surface area contributed by atoms with Crippen molar-refractivity contribution in [2.75, 3.05) is 0 Å². The SMILES string of the molecule is Cc1ccn2c(N=Nc3ccc(C(C)C)cc3)c(-c3ccccc3)nc2c1. The molecule has 134 valence electrons. The van der Waals surface area contributed by atoms with E-state index in [1.165, 1.54) is 11.1 Å². The van der Waals surface area contributed by atoms with Crippen molar-refractivity contribution in [3.05, 3.63) is 84.1 Å². The van der Waals surface area contributed by atoms with Crippen molar-refractivity contribution in [3.63, 3.8) is 0 Å². The number of aryl methyl sites for hydroxylation is 1. The molecule has 4 heteroatoms. The zero-order valence-electron chi connectivity index (χ0n) is 15.8. The second-order valence-electron chi connectivity index (χ2n) is 7.03. The molecule has 0 N–H and O–H groups in total. The number of fused-ring (bicyclic) bond motifs is 1. The van der Waals surface area contributed by atoms with Gasteiger partial charge in [-0.25, -0.2) is 4.98 Å². The number of rotatable bonds is 4. The summed E-state index contributed by atoms with van der Waals surface area (Å²) in [6, 6.07) is 22.5. The molecule has 27 heavy (non-hydrogen) atoms. The van der Waals surface area contributed by atoms with Crippen molar-refractivity contribution >= 4 is 17.2 Å². The summed E-state index contributed by atoms with van der Waals surface area (Å²) < 4.78 is 1.99. The molecule has 2 aromatic heterocycles. The molecule has 0 bridgehead atoms. The molecular weight excluding hydrogens is 332 g/mol. The molecule has 4 aromatic rings. The Balaban J connectivity index is 1.79. The van der Waals surface area contributed by atoms with E-state index in [0.29, 0.717) is 5.92 Å². The maximum absolute atomic E-state index is 4.80. The molecule has 0 radical (unpaired) electrons. The molecule has 0 saturated heterocycles. The van der Waals surface area contributed by atoms with Crippen LogP contribution in [0.1, 0.15) is 30.9 Å². The van der Waals surface area contributed by atoms with E-state index in [-0.39, 0.29) is 0 Å². The quantitative estimate of drug-likeness (QED) is 0.370. The Bertz CT molecular complexity index is 1090. The highest BCUT2D eigenvalue weighted by Gasteiger charge is 2.14. The van der Waals surface area contributed by atoms with Gasteiger partial charge in [-0.15, -0.1) is 10.2 Å². The van der Waals surface area contributed by atoms with Crippen molar-refractivity contribution in [1.82, 2.24) is 9.38 Å². The Morgan fingerprint density at radius 2 is 1.63 bits per heavy atom. The van der Waals surface area contributed by atoms with Crippen LogP contribution in [0.4, 0.5) is 11.5 Å². The predicted molar refractivity (Wildman–Crippen MR) is 110 cm³/mol. The first-order chi connectivity index (χ1) is 13.1. The Hall–Kier alpha value is -3.27. The number of pyridine rings is 1. The van der Waals surface area contributed by atoms with Gasteiger partial charge in [0.1, 0.15) is 11.3 Å². The lowest BCUT2D eigenvalue weighted by atomic mass is 10.0. The van der Waals surface area contributed by atoms with E-state index in [0.717, 1.165) is 28.4 Å². The van der Waals surface area contributed by atoms with Crippen LogP contribution >= 0.6 is 0 Å². The van der Waals surface area contributed by atoms with Crippen LogP contribution in [0.3, 0.4) is 0 Å². The third-order valence-electron chi connectivity index (χ3n) is 4.62. The molecule has 0 spiro atoms. The van der Waals surface area contributed by atoms with Gasteiger partial charge in [-0.3, -0.25) is 4.40 Å². The summed E-state index contributed by atoms with van der Waals surface area (Å²) in [7, 11) is 0. The fourth-order valence-corrected chi connectivity index (χ4v) is 3.05. The maximum Gasteiger partial charge on any atom is 0.187 e. The third-order valence-corrected chi connectivity index (χ3v) is 4.62. The van der Waals surface area contributed by atoms with E-state index in [9.17, 15) is 0 Å². The molecule has 0 aliphatic rings. The van der Waals surface area contributed by atoms with Gasteiger partial charge in [-0.05, 0) is 48.2 Å². The van der Waals surface area contributed by atoms with Gasteiger partial charge >= 0.3 is 0 Å². The number of aromatic nitrogens is 2. The first-order valence-electron chi connectivity index (χ1n) is 9.17. The second-order valence-corrected chi connectivity index (χ2v) is 7.03. The van der Waals surface area contributed by atoms with Crippen molar-refractivity contribution in [3.8, 4) is 11.3 Å². The zero-order chi connectivity index (χ0) is 18.8. The summed E-state index contributed by atoms with van der Waals surface area (Å²) in [4.78, 5) is 4.80. The molecule has 0 aliphatic heterocycles. The van der Waals surface area contributed by atoms with E-state index in [2.05, 4.69) is 55.3 Å². The fourth-order valence-electron chi connectivity index (χ4n) is 3.05. The summed E-state index contributed by atoms with van der Waals surface area (Å²) in [5.74, 6) is 1.24. The number of benzene rings is 2. The molecule has 0 amide bonds. The van der Waals surface area contributed by atoms with E-state index in [1.54, 1.807) is 0 Å². The van der Waals surface area contributed by atoms with Crippen molar-refractivity contribution in [2.45, 2.75) is 26.7 Å². The second kappa shape index (κ2) is 7.16. The Morgan fingerprint density at radius 3 is 2.33 bits per heavy atom. The molecule has 2 aromatic carbocycles. The van der Waals surface area contributed by atoms with E-state index >= 15 is 0 Å². The fraction of sp³-hybridized carbons (Fsp3) is 0.174. The third kappa shape index (κ3) is 3.51. The minimum absolute atomic E-state index is 0.502. The average molecular weight is 354 g/mol. The van der Waals surface area contributed by atoms with Crippen LogP contribution in [-0.2, 0) is 0 Å². The van der Waals surface area contributed by atoms with Crippen LogP contribution in [0.2, 0.25) is 0 Å². The monoisotopic (exact) mass is 354 g/mol. The lowest BCUT2D eigenvalue weighted by Gasteiger charge is -2.04. The van der Waals surface area contributed by atoms with Crippen molar-refractivity contribution in [2.24, 2.45) is 10.2 Å². The van der Waals surface area contributed by atoms with Gasteiger partial charge in [0.05, 0.1) is 5.69 Å². The van der Waals surface area contributed by atoms with Gasteiger partial charge in [0.25, 0.3) is 0 Å². The lowest BCUT2D eigenvalue weighted by molar-refractivity contribution is 0.866. The first kappa shape index (κ1) is 17.2. The van der Waals surface area contributed by atoms with Crippen molar-refractivity contribution < 1.29 is 0 Å². The molecule has 0 atom stereocenters. The van der Waals surface area contributed by atoms with Crippen LogP contribution in [0, 0.1) is 6.92 Å². The Kier molecular flexibility index (Phi) is 4.55. The Labute approximate surface area is 159 Å². The summed E-state index contributed by atoms with van der Waals surface area (Å²) >= 11 is 0. The topological polar surface area (TPSA) is 42.0 Å². The standard InChI is InChI=1S/C23H22N4/c1-16(2)18-9-11-20(12-10-18)25-26-23-22(19-7-5-4-6-8-19)24-21-15-17(3)13-14-27(21)23/h4-16H,1-3H3. The molecule has 4 rings (SSSR count). The van der Waals surface area contributed by atoms with Crippen molar-refractivity contribution in [1.29, 1.82) is 0 Å². The highest BCUT2D eigenvalue weighted by atomic mass is 15.2. The molecule has 0 saturated carbocycles. The van der Waals surface area contributed by atoms with Gasteiger partial charge < -0.3 is 0 Å². The molecular formula is C23H22N4. The minimum Gasteiger partial charge on any atom is -0.283 e. The number of hydrogen-bond acceptors (Lipinski definition) is 3. The first-order valence-corrected chi connectivity index (χ1v) is 9.17. The van der Waals surface area contributed by atoms with E-state index in [4.69, 9.17) is 4.98 Å². The average Bonchev–Trinajstić information content (AvgIpc) is 3.05. The molecule has 0 aliphatic carbocycles. The summed E-state index contributed by atoms with van der Waals surface area (Å²) in [6.07, 6.45) is 2.00. The zero-order valence-corrected chi connectivity index (χ0v) is 15.8. The number of hydrogen-bond donors (Lipinski definition) is 0. The van der Waals surface area contributed by atoms with Gasteiger partial charge in [0, 0.05) is 11.8 Å². The Morgan fingerprint density at radius 1 is 0.889 bits per heavy atom. The van der Waals surface area contributed by atoms with Crippen LogP contribution in [0.25, 0.3) is 16.9 Å². The van der Waals surface area contributed by atoms with E-state index in [1.807, 2.05) is 53.1 Å². The number of imidazole rings is 1. The maximum atomic E-state index is 4.80.